The largest absolute Gasteiger partial charge is 0.416 e. The molecule has 0 spiro atoms. The number of nitroso groups, excluding NO2 is 1. The van der Waals surface area contributed by atoms with Crippen LogP contribution in [0.15, 0.2) is 53.8 Å². The molecule has 2 fully saturated rings. The highest BCUT2D eigenvalue weighted by Crippen LogP contribution is 2.38. The molecule has 2 aliphatic rings. The first-order valence-electron chi connectivity index (χ1n) is 13.9. The first kappa shape index (κ1) is 33.9. The molecule has 1 amide bonds. The van der Waals surface area contributed by atoms with Crippen molar-refractivity contribution in [2.45, 2.75) is 72.4 Å². The number of hydrogen-bond donors (Lipinski definition) is 2. The number of alkyl halides is 5. The highest BCUT2D eigenvalue weighted by atomic mass is 19.4. The van der Waals surface area contributed by atoms with Crippen LogP contribution >= 0.6 is 0 Å². The molecule has 1 saturated heterocycles. The number of carbonyl (C=O) groups is 1. The van der Waals surface area contributed by atoms with Crippen molar-refractivity contribution in [3.63, 3.8) is 0 Å². The van der Waals surface area contributed by atoms with Crippen molar-refractivity contribution in [1.82, 2.24) is 9.88 Å². The second-order valence-corrected chi connectivity index (χ2v) is 9.85. The summed E-state index contributed by atoms with van der Waals surface area (Å²) in [5.74, 6) is 0.269. The molecular weight excluding hydrogens is 543 g/mol. The van der Waals surface area contributed by atoms with Crippen LogP contribution < -0.4 is 5.32 Å². The second kappa shape index (κ2) is 15.0. The number of anilines is 1. The van der Waals surface area contributed by atoms with Gasteiger partial charge in [0.05, 0.1) is 23.2 Å². The molecule has 3 aromatic rings. The van der Waals surface area contributed by atoms with Crippen LogP contribution in [0, 0.1) is 10.3 Å². The van der Waals surface area contributed by atoms with E-state index in [-0.39, 0.29) is 18.1 Å². The van der Waals surface area contributed by atoms with Gasteiger partial charge in [-0.25, -0.2) is 8.78 Å². The van der Waals surface area contributed by atoms with Gasteiger partial charge < -0.3 is 10.3 Å². The Labute approximate surface area is 237 Å². The van der Waals surface area contributed by atoms with E-state index < -0.39 is 23.6 Å². The van der Waals surface area contributed by atoms with Gasteiger partial charge in [0.15, 0.2) is 0 Å². The Kier molecular flexibility index (Phi) is 12.4. The van der Waals surface area contributed by atoms with Crippen molar-refractivity contribution in [3.05, 3.63) is 64.7 Å². The topological polar surface area (TPSA) is 77.6 Å². The van der Waals surface area contributed by atoms with Gasteiger partial charge in [-0.2, -0.15) is 13.2 Å². The average Bonchev–Trinajstić information content (AvgIpc) is 3.30. The lowest BCUT2D eigenvalue weighted by Gasteiger charge is -2.46. The predicted molar refractivity (Wildman–Crippen MR) is 154 cm³/mol. The molecule has 2 N–H and O–H groups in total. The van der Waals surface area contributed by atoms with Crippen LogP contribution in [0.5, 0.6) is 0 Å². The molecule has 41 heavy (non-hydrogen) atoms. The summed E-state index contributed by atoms with van der Waals surface area (Å²) in [6.45, 7) is 10.0. The van der Waals surface area contributed by atoms with Crippen molar-refractivity contribution in [2.75, 3.05) is 25.0 Å². The van der Waals surface area contributed by atoms with Gasteiger partial charge in [-0.1, -0.05) is 46.2 Å². The maximum atomic E-state index is 12.4. The first-order valence-corrected chi connectivity index (χ1v) is 13.9. The van der Waals surface area contributed by atoms with Gasteiger partial charge in [-0.05, 0) is 66.8 Å². The molecule has 0 unspecified atom stereocenters. The molecular formula is C30H39F5N4O2. The molecule has 226 valence electrons. The van der Waals surface area contributed by atoms with Gasteiger partial charge in [0.2, 0.25) is 5.91 Å². The molecule has 2 aromatic carbocycles. The summed E-state index contributed by atoms with van der Waals surface area (Å²) >= 11 is 0. The quantitative estimate of drug-likeness (QED) is 0.225. The number of H-pyrrole nitrogens is 1. The Hall–Kier alpha value is -3.34. The summed E-state index contributed by atoms with van der Waals surface area (Å²) in [4.78, 5) is 27.6. The number of halogens is 5. The lowest BCUT2D eigenvalue weighted by atomic mass is 9.80. The lowest BCUT2D eigenvalue weighted by molar-refractivity contribution is -0.137. The highest BCUT2D eigenvalue weighted by molar-refractivity contribution is 6.04. The molecule has 11 heteroatoms. The van der Waals surface area contributed by atoms with E-state index in [1.165, 1.54) is 18.6 Å². The van der Waals surface area contributed by atoms with E-state index in [9.17, 15) is 31.7 Å². The third-order valence-electron chi connectivity index (χ3n) is 6.92. The van der Waals surface area contributed by atoms with Crippen LogP contribution in [0.25, 0.3) is 10.9 Å². The first-order chi connectivity index (χ1) is 19.5. The van der Waals surface area contributed by atoms with E-state index in [0.717, 1.165) is 23.9 Å². The van der Waals surface area contributed by atoms with Gasteiger partial charge in [-0.3, -0.25) is 9.69 Å². The normalized spacial score (nSPS) is 16.1. The number of nitrogens with one attached hydrogen (secondary N) is 2. The van der Waals surface area contributed by atoms with E-state index in [4.69, 9.17) is 0 Å². The predicted octanol–water partition coefficient (Wildman–Crippen LogP) is 9.12. The Bertz CT molecular complexity index is 1250. The number of likely N-dealkylation sites (tertiary alicyclic amines) is 1. The monoisotopic (exact) mass is 582 g/mol. The zero-order valence-corrected chi connectivity index (χ0v) is 24.1. The zero-order chi connectivity index (χ0) is 30.8. The number of carbonyl (C=O) groups excluding carboxylic acids is 1. The van der Waals surface area contributed by atoms with E-state index in [0.29, 0.717) is 30.1 Å². The van der Waals surface area contributed by atoms with E-state index in [2.05, 4.69) is 15.5 Å². The van der Waals surface area contributed by atoms with Crippen LogP contribution in [-0.2, 0) is 11.0 Å². The van der Waals surface area contributed by atoms with Gasteiger partial charge >= 0.3 is 6.18 Å². The standard InChI is InChI=1S/C15H16F2N4O2.C11H11F3.2C2H6/c1-15(7-21(8-15)6-13(16)17)14(22)19-12-5-18-11-3-2-9(20-23)4-10(11)12;12-11(13,14)10-6-4-9(5-7-10)8-2-1-3-8;2*1-2/h2-5,13,18H,6-8H2,1H3,(H,19,22);4-8H,1-3H2;2*1-2H3. The fraction of sp³-hybridized carbons (Fsp3) is 0.500. The van der Waals surface area contributed by atoms with Crippen molar-refractivity contribution in [1.29, 1.82) is 0 Å². The van der Waals surface area contributed by atoms with Crippen molar-refractivity contribution in [2.24, 2.45) is 10.6 Å². The zero-order valence-electron chi connectivity index (χ0n) is 24.1. The number of nitrogens with zero attached hydrogens (tertiary/aromatic N) is 2. The number of hydrogen-bond acceptors (Lipinski definition) is 4. The summed E-state index contributed by atoms with van der Waals surface area (Å²) < 4.78 is 61.3. The molecule has 2 heterocycles. The molecule has 1 saturated carbocycles. The number of aromatic nitrogens is 1. The van der Waals surface area contributed by atoms with Gasteiger partial charge in [0.1, 0.15) is 5.69 Å². The summed E-state index contributed by atoms with van der Waals surface area (Å²) in [5.41, 5.74) is 1.38. The van der Waals surface area contributed by atoms with E-state index >= 15 is 0 Å². The Balaban J connectivity index is 0.000000279. The molecule has 0 radical (unpaired) electrons. The Morgan fingerprint density at radius 1 is 1.07 bits per heavy atom. The smallest absolute Gasteiger partial charge is 0.359 e. The molecule has 1 aliphatic carbocycles. The highest BCUT2D eigenvalue weighted by Gasteiger charge is 2.45. The minimum atomic E-state index is -4.21. The molecule has 0 atom stereocenters. The fourth-order valence-electron chi connectivity index (χ4n) is 4.64. The lowest BCUT2D eigenvalue weighted by Crippen LogP contribution is -2.61. The summed E-state index contributed by atoms with van der Waals surface area (Å²) in [6, 6.07) is 10.4. The average molecular weight is 583 g/mol. The van der Waals surface area contributed by atoms with Gasteiger partial charge in [-0.15, -0.1) is 4.91 Å². The van der Waals surface area contributed by atoms with Crippen LogP contribution in [-0.4, -0.2) is 41.9 Å². The third kappa shape index (κ3) is 8.82. The van der Waals surface area contributed by atoms with E-state index in [1.54, 1.807) is 48.4 Å². The molecule has 1 aliphatic heterocycles. The fourth-order valence-corrected chi connectivity index (χ4v) is 4.64. The minimum Gasteiger partial charge on any atom is -0.359 e. The molecule has 5 rings (SSSR count). The molecule has 0 bridgehead atoms. The van der Waals surface area contributed by atoms with E-state index in [1.807, 2.05) is 27.7 Å². The minimum absolute atomic E-state index is 0.228. The number of aromatic amines is 1. The Morgan fingerprint density at radius 2 is 1.68 bits per heavy atom. The third-order valence-corrected chi connectivity index (χ3v) is 6.92. The molecule has 1 aromatic heterocycles. The number of rotatable bonds is 6. The van der Waals surface area contributed by atoms with Crippen molar-refractivity contribution in [3.8, 4) is 0 Å². The van der Waals surface area contributed by atoms with Gasteiger partial charge in [0, 0.05) is 30.2 Å². The van der Waals surface area contributed by atoms with Crippen molar-refractivity contribution < 1.29 is 26.7 Å². The van der Waals surface area contributed by atoms with Crippen LogP contribution in [0.2, 0.25) is 0 Å². The summed E-state index contributed by atoms with van der Waals surface area (Å²) in [6.07, 6.45) is -1.54. The number of amides is 1. The number of benzene rings is 2. The SMILES string of the molecule is CC.CC.CC1(C(=O)Nc2c[nH]c3ccc(N=O)cc23)CN(CC(F)F)C1.FC(F)(F)c1ccc(C2CCC2)cc1. The maximum absolute atomic E-state index is 12.4. The number of fused-ring (bicyclic) bond motifs is 1. The van der Waals surface area contributed by atoms with Crippen LogP contribution in [0.1, 0.15) is 70.9 Å². The summed E-state index contributed by atoms with van der Waals surface area (Å²) in [5, 5.41) is 6.37. The molecule has 6 nitrogen and oxygen atoms in total. The van der Waals surface area contributed by atoms with Crippen molar-refractivity contribution >= 4 is 28.2 Å². The second-order valence-electron chi connectivity index (χ2n) is 9.85. The summed E-state index contributed by atoms with van der Waals surface area (Å²) in [7, 11) is 0. The van der Waals surface area contributed by atoms with Crippen LogP contribution in [0.4, 0.5) is 33.3 Å². The van der Waals surface area contributed by atoms with Gasteiger partial charge in [0.25, 0.3) is 6.43 Å². The Morgan fingerprint density at radius 3 is 2.17 bits per heavy atom. The van der Waals surface area contributed by atoms with Crippen LogP contribution in [0.3, 0.4) is 0 Å². The maximum Gasteiger partial charge on any atom is 0.416 e.